The summed E-state index contributed by atoms with van der Waals surface area (Å²) in [7, 11) is 0. The van der Waals surface area contributed by atoms with Crippen LogP contribution in [0.2, 0.25) is 0 Å². The molecule has 1 aromatic carbocycles. The number of piperidine rings is 2. The maximum absolute atomic E-state index is 14.0. The Morgan fingerprint density at radius 3 is 2.62 bits per heavy atom. The van der Waals surface area contributed by atoms with E-state index in [4.69, 9.17) is 0 Å². The Hall–Kier alpha value is -2.70. The molecule has 1 aromatic heterocycles. The lowest BCUT2D eigenvalue weighted by molar-refractivity contribution is -0.120. The van der Waals surface area contributed by atoms with Crippen molar-refractivity contribution in [1.82, 2.24) is 9.97 Å². The quantitative estimate of drug-likeness (QED) is 0.851. The van der Waals surface area contributed by atoms with E-state index in [0.29, 0.717) is 0 Å². The minimum Gasteiger partial charge on any atom is -0.367 e. The zero-order valence-electron chi connectivity index (χ0n) is 16.9. The van der Waals surface area contributed by atoms with Crippen LogP contribution in [0.3, 0.4) is 0 Å². The van der Waals surface area contributed by atoms with Crippen LogP contribution in [-0.4, -0.2) is 42.1 Å². The molecule has 2 aliphatic heterocycles. The fourth-order valence-electron chi connectivity index (χ4n) is 4.24. The summed E-state index contributed by atoms with van der Waals surface area (Å²) >= 11 is 0. The highest BCUT2D eigenvalue weighted by atomic mass is 19.1. The maximum atomic E-state index is 14.0. The van der Waals surface area contributed by atoms with Crippen LogP contribution in [0.15, 0.2) is 30.7 Å². The van der Waals surface area contributed by atoms with Gasteiger partial charge in [-0.3, -0.25) is 4.79 Å². The van der Waals surface area contributed by atoms with E-state index in [1.807, 2.05) is 13.1 Å². The SMILES string of the molecule is Cc1ccc(F)c(NC(=O)C2CCN(c3cncnc3N3CCCCC3)CC2)c1. The van der Waals surface area contributed by atoms with Gasteiger partial charge in [0.2, 0.25) is 5.91 Å². The third-order valence-electron chi connectivity index (χ3n) is 5.91. The monoisotopic (exact) mass is 397 g/mol. The number of nitrogens with one attached hydrogen (secondary N) is 1. The zero-order valence-corrected chi connectivity index (χ0v) is 16.9. The van der Waals surface area contributed by atoms with Gasteiger partial charge in [-0.1, -0.05) is 6.07 Å². The van der Waals surface area contributed by atoms with Crippen LogP contribution in [0.4, 0.5) is 21.6 Å². The molecule has 0 spiro atoms. The van der Waals surface area contributed by atoms with Crippen LogP contribution >= 0.6 is 0 Å². The van der Waals surface area contributed by atoms with Gasteiger partial charge in [-0.15, -0.1) is 0 Å². The van der Waals surface area contributed by atoms with E-state index in [1.165, 1.54) is 25.3 Å². The molecule has 0 bridgehead atoms. The van der Waals surface area contributed by atoms with Gasteiger partial charge in [-0.2, -0.15) is 0 Å². The lowest BCUT2D eigenvalue weighted by atomic mass is 9.95. The molecule has 2 saturated heterocycles. The van der Waals surface area contributed by atoms with Gasteiger partial charge in [-0.25, -0.2) is 14.4 Å². The molecule has 1 amide bonds. The number of halogens is 1. The van der Waals surface area contributed by atoms with Crippen LogP contribution in [-0.2, 0) is 4.79 Å². The molecule has 6 nitrogen and oxygen atoms in total. The topological polar surface area (TPSA) is 61.4 Å². The number of carbonyl (C=O) groups is 1. The van der Waals surface area contributed by atoms with Gasteiger partial charge < -0.3 is 15.1 Å². The molecule has 0 radical (unpaired) electrons. The molecule has 0 saturated carbocycles. The molecule has 2 aliphatic rings. The van der Waals surface area contributed by atoms with Crippen molar-refractivity contribution in [3.05, 3.63) is 42.1 Å². The molecule has 4 rings (SSSR count). The predicted octanol–water partition coefficient (Wildman–Crippen LogP) is 3.77. The Morgan fingerprint density at radius 2 is 1.86 bits per heavy atom. The number of benzene rings is 1. The second-order valence-corrected chi connectivity index (χ2v) is 8.01. The number of anilines is 3. The van der Waals surface area contributed by atoms with E-state index in [-0.39, 0.29) is 17.5 Å². The maximum Gasteiger partial charge on any atom is 0.227 e. The molecule has 0 unspecified atom stereocenters. The Balaban J connectivity index is 1.39. The lowest BCUT2D eigenvalue weighted by Crippen LogP contribution is -2.40. The summed E-state index contributed by atoms with van der Waals surface area (Å²) in [4.78, 5) is 26.1. The van der Waals surface area contributed by atoms with Gasteiger partial charge >= 0.3 is 0 Å². The highest BCUT2D eigenvalue weighted by molar-refractivity contribution is 5.93. The van der Waals surface area contributed by atoms with E-state index in [9.17, 15) is 9.18 Å². The molecule has 1 N–H and O–H groups in total. The smallest absolute Gasteiger partial charge is 0.227 e. The van der Waals surface area contributed by atoms with Gasteiger partial charge in [0.25, 0.3) is 0 Å². The standard InChI is InChI=1S/C22H28FN5O/c1-16-5-6-18(23)19(13-16)26-22(29)17-7-11-27(12-8-17)20-14-24-15-25-21(20)28-9-3-2-4-10-28/h5-6,13-15,17H,2-4,7-12H2,1H3,(H,26,29). The van der Waals surface area contributed by atoms with E-state index >= 15 is 0 Å². The minimum absolute atomic E-state index is 0.102. The molecule has 7 heteroatoms. The number of hydrogen-bond acceptors (Lipinski definition) is 5. The first kappa shape index (κ1) is 19.6. The van der Waals surface area contributed by atoms with Crippen molar-refractivity contribution in [3.8, 4) is 0 Å². The van der Waals surface area contributed by atoms with Crippen molar-refractivity contribution in [1.29, 1.82) is 0 Å². The lowest BCUT2D eigenvalue weighted by Gasteiger charge is -2.36. The Bertz CT molecular complexity index is 860. The number of amides is 1. The van der Waals surface area contributed by atoms with E-state index < -0.39 is 5.82 Å². The van der Waals surface area contributed by atoms with Crippen LogP contribution in [0.5, 0.6) is 0 Å². The fourth-order valence-corrected chi connectivity index (χ4v) is 4.24. The first-order valence-electron chi connectivity index (χ1n) is 10.5. The average Bonchev–Trinajstić information content (AvgIpc) is 2.77. The van der Waals surface area contributed by atoms with Crippen molar-refractivity contribution < 1.29 is 9.18 Å². The van der Waals surface area contributed by atoms with Crippen LogP contribution < -0.4 is 15.1 Å². The fraction of sp³-hybridized carbons (Fsp3) is 0.500. The van der Waals surface area contributed by atoms with Crippen molar-refractivity contribution in [2.75, 3.05) is 41.3 Å². The summed E-state index contributed by atoms with van der Waals surface area (Å²) in [5, 5.41) is 2.77. The zero-order chi connectivity index (χ0) is 20.2. The summed E-state index contributed by atoms with van der Waals surface area (Å²) in [5.74, 6) is 0.391. The molecule has 29 heavy (non-hydrogen) atoms. The third kappa shape index (κ3) is 4.49. The van der Waals surface area contributed by atoms with E-state index in [2.05, 4.69) is 25.1 Å². The number of hydrogen-bond donors (Lipinski definition) is 1. The van der Waals surface area contributed by atoms with Gasteiger partial charge in [0.15, 0.2) is 5.82 Å². The second kappa shape index (κ2) is 8.76. The van der Waals surface area contributed by atoms with Gasteiger partial charge in [-0.05, 0) is 56.7 Å². The Labute approximate surface area is 171 Å². The number of aryl methyl sites for hydroxylation is 1. The molecule has 154 valence electrons. The Kier molecular flexibility index (Phi) is 5.92. The van der Waals surface area contributed by atoms with Crippen LogP contribution in [0.1, 0.15) is 37.7 Å². The van der Waals surface area contributed by atoms with Gasteiger partial charge in [0.1, 0.15) is 12.1 Å². The highest BCUT2D eigenvalue weighted by Crippen LogP contribution is 2.32. The highest BCUT2D eigenvalue weighted by Gasteiger charge is 2.28. The summed E-state index contributed by atoms with van der Waals surface area (Å²) in [6.45, 7) is 5.48. The number of aromatic nitrogens is 2. The summed E-state index contributed by atoms with van der Waals surface area (Å²) in [6.07, 6.45) is 8.63. The second-order valence-electron chi connectivity index (χ2n) is 8.01. The summed E-state index contributed by atoms with van der Waals surface area (Å²) in [5.41, 5.74) is 2.24. The minimum atomic E-state index is -0.394. The van der Waals surface area contributed by atoms with Crippen molar-refractivity contribution in [2.45, 2.75) is 39.0 Å². The third-order valence-corrected chi connectivity index (χ3v) is 5.91. The molecule has 3 heterocycles. The first-order chi connectivity index (χ1) is 14.1. The van der Waals surface area contributed by atoms with Gasteiger partial charge in [0, 0.05) is 32.1 Å². The number of rotatable bonds is 4. The average molecular weight is 397 g/mol. The van der Waals surface area contributed by atoms with E-state index in [0.717, 1.165) is 56.1 Å². The first-order valence-corrected chi connectivity index (χ1v) is 10.5. The molecule has 2 aromatic rings. The molecular weight excluding hydrogens is 369 g/mol. The van der Waals surface area contributed by atoms with Gasteiger partial charge in [0.05, 0.1) is 17.6 Å². The molecular formula is C22H28FN5O. The van der Waals surface area contributed by atoms with Crippen molar-refractivity contribution in [3.63, 3.8) is 0 Å². The summed E-state index contributed by atoms with van der Waals surface area (Å²) < 4.78 is 14.0. The van der Waals surface area contributed by atoms with Crippen LogP contribution in [0, 0.1) is 18.7 Å². The number of carbonyl (C=O) groups excluding carboxylic acids is 1. The van der Waals surface area contributed by atoms with E-state index in [1.54, 1.807) is 18.5 Å². The van der Waals surface area contributed by atoms with Crippen molar-refractivity contribution >= 4 is 23.1 Å². The van der Waals surface area contributed by atoms with Crippen LogP contribution in [0.25, 0.3) is 0 Å². The predicted molar refractivity (Wildman–Crippen MR) is 113 cm³/mol. The number of nitrogens with zero attached hydrogens (tertiary/aromatic N) is 4. The summed E-state index contributed by atoms with van der Waals surface area (Å²) in [6, 6.07) is 4.77. The normalized spacial score (nSPS) is 18.0. The largest absolute Gasteiger partial charge is 0.367 e. The molecule has 0 atom stereocenters. The molecule has 0 aliphatic carbocycles. The molecule has 2 fully saturated rings. The Morgan fingerprint density at radius 1 is 1.10 bits per heavy atom. The van der Waals surface area contributed by atoms with Crippen molar-refractivity contribution in [2.24, 2.45) is 5.92 Å².